The van der Waals surface area contributed by atoms with Gasteiger partial charge < -0.3 is 20.7 Å². The number of rotatable bonds is 8. The largest absolute Gasteiger partial charge is 0.473 e. The summed E-state index contributed by atoms with van der Waals surface area (Å²) in [6.07, 6.45) is 4.30. The van der Waals surface area contributed by atoms with Gasteiger partial charge in [-0.2, -0.15) is 4.31 Å². The molecule has 14 heteroatoms. The van der Waals surface area contributed by atoms with E-state index in [4.69, 9.17) is 10.5 Å². The number of benzene rings is 1. The fourth-order valence-electron chi connectivity index (χ4n) is 4.92. The topological polar surface area (TPSA) is 131 Å². The number of halogens is 2. The van der Waals surface area contributed by atoms with Crippen molar-refractivity contribution in [3.63, 3.8) is 0 Å². The van der Waals surface area contributed by atoms with E-state index < -0.39 is 33.0 Å². The second kappa shape index (κ2) is 11.7. The van der Waals surface area contributed by atoms with E-state index in [1.54, 1.807) is 6.07 Å². The molecule has 2 fully saturated rings. The van der Waals surface area contributed by atoms with Gasteiger partial charge in [0.15, 0.2) is 5.13 Å². The number of likely N-dealkylation sites (N-methyl/N-ethyl adjacent to an activating group) is 1. The number of sulfonamides is 1. The number of ketones is 1. The molecule has 4 heterocycles. The number of carbonyl (C=O) groups is 1. The minimum absolute atomic E-state index is 0.0308. The normalized spacial score (nSPS) is 19.4. The van der Waals surface area contributed by atoms with Crippen molar-refractivity contribution in [1.82, 2.24) is 19.2 Å². The van der Waals surface area contributed by atoms with E-state index in [9.17, 15) is 22.0 Å². The number of nitrogen functional groups attached to an aromatic ring is 1. The Bertz CT molecular complexity index is 1460. The molecule has 0 bridgehead atoms. The van der Waals surface area contributed by atoms with E-state index in [0.717, 1.165) is 49.4 Å². The summed E-state index contributed by atoms with van der Waals surface area (Å²) in [4.78, 5) is 23.3. The zero-order chi connectivity index (χ0) is 28.4. The number of likely N-dealkylation sites (tertiary alicyclic amines) is 1. The molecular formula is C26H30F2N6O4S2. The summed E-state index contributed by atoms with van der Waals surface area (Å²) >= 11 is 0.906. The Labute approximate surface area is 235 Å². The number of anilines is 2. The average molecular weight is 593 g/mol. The number of aromatic nitrogens is 2. The summed E-state index contributed by atoms with van der Waals surface area (Å²) in [5, 5.41) is 3.49. The number of hydrogen-bond donors (Lipinski definition) is 2. The summed E-state index contributed by atoms with van der Waals surface area (Å²) in [6.45, 7) is 2.37. The summed E-state index contributed by atoms with van der Waals surface area (Å²) in [6, 6.07) is 6.16. The van der Waals surface area contributed by atoms with Crippen molar-refractivity contribution in [1.29, 1.82) is 0 Å². The Morgan fingerprint density at radius 2 is 1.85 bits per heavy atom. The molecule has 2 saturated heterocycles. The number of ether oxygens (including phenoxy) is 1. The molecule has 2 aliphatic rings. The molecule has 2 aliphatic heterocycles. The van der Waals surface area contributed by atoms with Crippen molar-refractivity contribution in [2.24, 2.45) is 0 Å². The number of nitrogens with two attached hydrogens (primary N) is 1. The highest BCUT2D eigenvalue weighted by molar-refractivity contribution is 7.89. The summed E-state index contributed by atoms with van der Waals surface area (Å²) < 4.78 is 61.9. The molecule has 10 nitrogen and oxygen atoms in total. The Kier molecular flexibility index (Phi) is 8.31. The third kappa shape index (κ3) is 6.09. The lowest BCUT2D eigenvalue weighted by molar-refractivity contribution is 0.0999. The molecular weight excluding hydrogens is 562 g/mol. The minimum atomic E-state index is -3.74. The Balaban J connectivity index is 1.18. The summed E-state index contributed by atoms with van der Waals surface area (Å²) in [5.74, 6) is -2.56. The minimum Gasteiger partial charge on any atom is -0.473 e. The smallest absolute Gasteiger partial charge is 0.244 e. The number of hydrogen-bond acceptors (Lipinski definition) is 10. The number of pyridine rings is 1. The maximum atomic E-state index is 14.1. The van der Waals surface area contributed by atoms with Crippen LogP contribution in [0.4, 0.5) is 19.7 Å². The van der Waals surface area contributed by atoms with E-state index in [1.807, 2.05) is 7.05 Å². The molecule has 0 spiro atoms. The van der Waals surface area contributed by atoms with Crippen molar-refractivity contribution in [3.05, 3.63) is 58.6 Å². The van der Waals surface area contributed by atoms with Crippen LogP contribution in [0.3, 0.4) is 0 Å². The van der Waals surface area contributed by atoms with E-state index in [2.05, 4.69) is 20.2 Å². The predicted octanol–water partition coefficient (Wildman–Crippen LogP) is 3.37. The first-order valence-electron chi connectivity index (χ1n) is 12.9. The SMILES string of the molecule is CN1CCCC(Oc2ccc(S(=O)(=O)N3CCC(Nc4nc(N)c(C(=O)c5c(F)cccc5F)s4)CC3)cn2)C1. The van der Waals surface area contributed by atoms with Crippen LogP contribution in [0.25, 0.3) is 0 Å². The molecule has 0 aliphatic carbocycles. The molecule has 5 rings (SSSR count). The molecule has 1 unspecified atom stereocenters. The predicted molar refractivity (Wildman–Crippen MR) is 147 cm³/mol. The maximum Gasteiger partial charge on any atom is 0.244 e. The van der Waals surface area contributed by atoms with Crippen LogP contribution in [0.5, 0.6) is 5.88 Å². The van der Waals surface area contributed by atoms with Gasteiger partial charge in [-0.15, -0.1) is 0 Å². The van der Waals surface area contributed by atoms with Gasteiger partial charge in [-0.05, 0) is 57.5 Å². The fraction of sp³-hybridized carbons (Fsp3) is 0.423. The standard InChI is InChI=1S/C26H30F2N6O4S2/c1-33-11-3-4-17(15-33)38-21-8-7-18(14-30-21)40(36,37)34-12-9-16(10-13-34)31-26-32-25(29)24(39-26)23(35)22-19(27)5-2-6-20(22)28/h2,5-8,14,16-17H,3-4,9-13,15,29H2,1H3,(H,31,32). The number of nitrogens with one attached hydrogen (secondary N) is 1. The highest BCUT2D eigenvalue weighted by Crippen LogP contribution is 2.31. The number of carbonyl (C=O) groups excluding carboxylic acids is 1. The van der Waals surface area contributed by atoms with Crippen LogP contribution in [-0.4, -0.2) is 78.7 Å². The van der Waals surface area contributed by atoms with Crippen molar-refractivity contribution >= 4 is 38.1 Å². The van der Waals surface area contributed by atoms with Crippen molar-refractivity contribution in [3.8, 4) is 5.88 Å². The van der Waals surface area contributed by atoms with E-state index in [1.165, 1.54) is 22.6 Å². The number of piperidine rings is 2. The van der Waals surface area contributed by atoms with E-state index in [0.29, 0.717) is 23.9 Å². The average Bonchev–Trinajstić information content (AvgIpc) is 3.29. The molecule has 2 aromatic heterocycles. The molecule has 1 atom stereocenters. The second-order valence-corrected chi connectivity index (χ2v) is 12.9. The molecule has 40 heavy (non-hydrogen) atoms. The lowest BCUT2D eigenvalue weighted by Gasteiger charge is -2.31. The van der Waals surface area contributed by atoms with Crippen LogP contribution < -0.4 is 15.8 Å². The van der Waals surface area contributed by atoms with Crippen LogP contribution in [0, 0.1) is 11.6 Å². The van der Waals surface area contributed by atoms with Crippen LogP contribution in [0.2, 0.25) is 0 Å². The molecule has 0 amide bonds. The van der Waals surface area contributed by atoms with Crippen LogP contribution >= 0.6 is 11.3 Å². The first-order valence-corrected chi connectivity index (χ1v) is 15.2. The van der Waals surface area contributed by atoms with Gasteiger partial charge in [0, 0.05) is 31.7 Å². The summed E-state index contributed by atoms with van der Waals surface area (Å²) in [5.41, 5.74) is 5.20. The lowest BCUT2D eigenvalue weighted by Crippen LogP contribution is -2.42. The second-order valence-electron chi connectivity index (χ2n) is 9.96. The Hall–Kier alpha value is -3.20. The molecule has 3 aromatic rings. The molecule has 3 N–H and O–H groups in total. The first-order chi connectivity index (χ1) is 19.1. The quantitative estimate of drug-likeness (QED) is 0.378. The van der Waals surface area contributed by atoms with Crippen molar-refractivity contribution in [2.75, 3.05) is 44.3 Å². The Morgan fingerprint density at radius 3 is 2.50 bits per heavy atom. The van der Waals surface area contributed by atoms with Crippen molar-refractivity contribution in [2.45, 2.75) is 42.7 Å². The van der Waals surface area contributed by atoms with Gasteiger partial charge in [-0.1, -0.05) is 17.4 Å². The number of thiazole rings is 1. The molecule has 1 aromatic carbocycles. The third-order valence-electron chi connectivity index (χ3n) is 7.05. The van der Waals surface area contributed by atoms with E-state index >= 15 is 0 Å². The van der Waals surface area contributed by atoms with Gasteiger partial charge in [-0.3, -0.25) is 4.79 Å². The third-order valence-corrected chi connectivity index (χ3v) is 9.93. The highest BCUT2D eigenvalue weighted by atomic mass is 32.2. The zero-order valence-corrected chi connectivity index (χ0v) is 23.5. The summed E-state index contributed by atoms with van der Waals surface area (Å²) in [7, 11) is -1.70. The molecule has 214 valence electrons. The van der Waals surface area contributed by atoms with Gasteiger partial charge in [0.25, 0.3) is 0 Å². The van der Waals surface area contributed by atoms with E-state index in [-0.39, 0.29) is 40.8 Å². The van der Waals surface area contributed by atoms with Gasteiger partial charge >= 0.3 is 0 Å². The zero-order valence-electron chi connectivity index (χ0n) is 21.8. The van der Waals surface area contributed by atoms with Crippen LogP contribution in [0.1, 0.15) is 40.9 Å². The lowest BCUT2D eigenvalue weighted by atomic mass is 10.1. The van der Waals surface area contributed by atoms with Crippen LogP contribution in [-0.2, 0) is 10.0 Å². The number of nitrogens with zero attached hydrogens (tertiary/aromatic N) is 4. The molecule has 0 radical (unpaired) electrons. The van der Waals surface area contributed by atoms with Gasteiger partial charge in [0.05, 0.1) is 11.8 Å². The fourth-order valence-corrected chi connectivity index (χ4v) is 7.25. The molecule has 0 saturated carbocycles. The monoisotopic (exact) mass is 592 g/mol. The van der Waals surface area contributed by atoms with Gasteiger partial charge in [0.1, 0.15) is 33.3 Å². The van der Waals surface area contributed by atoms with Gasteiger partial charge in [0.2, 0.25) is 21.7 Å². The van der Waals surface area contributed by atoms with Gasteiger partial charge in [-0.25, -0.2) is 27.2 Å². The maximum absolute atomic E-state index is 14.1. The van der Waals surface area contributed by atoms with Crippen molar-refractivity contribution < 1.29 is 26.7 Å². The first kappa shape index (κ1) is 28.3. The van der Waals surface area contributed by atoms with Crippen LogP contribution in [0.15, 0.2) is 41.4 Å². The highest BCUT2D eigenvalue weighted by Gasteiger charge is 2.31. The Morgan fingerprint density at radius 1 is 1.12 bits per heavy atom.